The first-order valence-corrected chi connectivity index (χ1v) is 29.4. The van der Waals surface area contributed by atoms with Gasteiger partial charge in [-0.1, -0.05) is 229 Å². The van der Waals surface area contributed by atoms with E-state index in [9.17, 15) is 45.6 Å². The monoisotopic (exact) mass is 1040 g/mol. The average Bonchev–Trinajstić information content (AvgIpc) is 3.39. The van der Waals surface area contributed by atoms with E-state index in [-0.39, 0.29) is 18.9 Å². The van der Waals surface area contributed by atoms with Crippen molar-refractivity contribution < 1.29 is 64.6 Å². The second kappa shape index (κ2) is 45.0. The Morgan fingerprint density at radius 1 is 0.507 bits per heavy atom. The first kappa shape index (κ1) is 67.1. The average molecular weight is 1040 g/mol. The lowest BCUT2D eigenvalue weighted by atomic mass is 9.97. The van der Waals surface area contributed by atoms with Gasteiger partial charge in [-0.3, -0.25) is 4.79 Å². The van der Waals surface area contributed by atoms with Gasteiger partial charge in [-0.15, -0.1) is 0 Å². The standard InChI is InChI=1S/C59H107NO13/c1-3-5-7-9-11-13-15-17-18-19-20-21-22-23-24-25-26-27-28-29-31-32-34-36-38-40-42-48(63)47(60-51(64)43-41-39-37-35-33-30-16-14-12-10-8-6-4-2)46-70-58-56(69)54(67)57(50(45-62)72-58)73-59-55(68)53(66)52(65)49(44-61)71-59/h6,8,12,14,30,33,37,39,47-50,52-59,61-63,65-69H,3-5,7,9-11,13,15-29,31-32,34-36,38,40-46H2,1-2H3,(H,60,64)/b8-6-,14-12-,33-30-,39-37-. The van der Waals surface area contributed by atoms with E-state index < -0.39 is 86.8 Å². The number of rotatable bonds is 46. The summed E-state index contributed by atoms with van der Waals surface area (Å²) in [6.07, 6.45) is 38.6. The molecule has 1 amide bonds. The van der Waals surface area contributed by atoms with Gasteiger partial charge in [-0.2, -0.15) is 0 Å². The van der Waals surface area contributed by atoms with E-state index >= 15 is 0 Å². The van der Waals surface area contributed by atoms with Gasteiger partial charge < -0.3 is 65.1 Å². The highest BCUT2D eigenvalue weighted by Gasteiger charge is 2.51. The van der Waals surface area contributed by atoms with Crippen LogP contribution in [0, 0.1) is 0 Å². The maximum Gasteiger partial charge on any atom is 0.220 e. The van der Waals surface area contributed by atoms with Gasteiger partial charge in [-0.05, 0) is 38.5 Å². The Morgan fingerprint density at radius 3 is 1.37 bits per heavy atom. The van der Waals surface area contributed by atoms with Crippen molar-refractivity contribution in [1.29, 1.82) is 0 Å². The smallest absolute Gasteiger partial charge is 0.220 e. The van der Waals surface area contributed by atoms with Crippen molar-refractivity contribution >= 4 is 5.91 Å². The number of aliphatic hydroxyl groups is 8. The molecular weight excluding hydrogens is 931 g/mol. The Hall–Kier alpha value is -2.05. The van der Waals surface area contributed by atoms with E-state index in [1.807, 2.05) is 12.2 Å². The summed E-state index contributed by atoms with van der Waals surface area (Å²) >= 11 is 0. The third-order valence-corrected chi connectivity index (χ3v) is 14.3. The Bertz CT molecular complexity index is 1410. The minimum absolute atomic E-state index is 0.182. The molecule has 2 heterocycles. The topological polar surface area (TPSA) is 228 Å². The van der Waals surface area contributed by atoms with Crippen LogP contribution in [0.15, 0.2) is 48.6 Å². The second-order valence-corrected chi connectivity index (χ2v) is 20.7. The summed E-state index contributed by atoms with van der Waals surface area (Å²) in [6, 6.07) is -0.868. The predicted octanol–water partition coefficient (Wildman–Crippen LogP) is 9.61. The molecule has 0 spiro atoms. The first-order valence-electron chi connectivity index (χ1n) is 29.4. The van der Waals surface area contributed by atoms with Crippen LogP contribution < -0.4 is 5.32 Å². The van der Waals surface area contributed by atoms with Crippen LogP contribution in [0.25, 0.3) is 0 Å². The quantitative estimate of drug-likeness (QED) is 0.0205. The van der Waals surface area contributed by atoms with Crippen molar-refractivity contribution in [3.8, 4) is 0 Å². The lowest BCUT2D eigenvalue weighted by Gasteiger charge is -2.46. The van der Waals surface area contributed by atoms with Crippen molar-refractivity contribution in [2.75, 3.05) is 19.8 Å². The molecule has 2 rings (SSSR count). The van der Waals surface area contributed by atoms with Crippen molar-refractivity contribution in [2.45, 2.75) is 299 Å². The van der Waals surface area contributed by atoms with E-state index in [2.05, 4.69) is 55.6 Å². The number of aliphatic hydroxyl groups excluding tert-OH is 8. The van der Waals surface area contributed by atoms with Crippen LogP contribution in [0.1, 0.15) is 226 Å². The number of hydrogen-bond acceptors (Lipinski definition) is 13. The Morgan fingerprint density at radius 2 is 0.918 bits per heavy atom. The van der Waals surface area contributed by atoms with Gasteiger partial charge in [0.15, 0.2) is 12.6 Å². The summed E-state index contributed by atoms with van der Waals surface area (Å²) in [4.78, 5) is 13.2. The molecule has 0 aromatic carbocycles. The summed E-state index contributed by atoms with van der Waals surface area (Å²) in [5.41, 5.74) is 0. The molecule has 426 valence electrons. The highest BCUT2D eigenvalue weighted by atomic mass is 16.7. The van der Waals surface area contributed by atoms with E-state index in [0.717, 1.165) is 51.4 Å². The molecule has 14 heteroatoms. The number of amides is 1. The van der Waals surface area contributed by atoms with Crippen LogP contribution in [0.4, 0.5) is 0 Å². The zero-order valence-corrected chi connectivity index (χ0v) is 45.6. The number of carbonyl (C=O) groups excluding carboxylic acids is 1. The maximum atomic E-state index is 13.2. The largest absolute Gasteiger partial charge is 0.394 e. The van der Waals surface area contributed by atoms with Crippen LogP contribution in [0.2, 0.25) is 0 Å². The fraction of sp³-hybridized carbons (Fsp3) is 0.847. The molecule has 12 unspecified atom stereocenters. The highest BCUT2D eigenvalue weighted by Crippen LogP contribution is 2.30. The van der Waals surface area contributed by atoms with Crippen LogP contribution in [0.5, 0.6) is 0 Å². The van der Waals surface area contributed by atoms with Gasteiger partial charge in [0, 0.05) is 6.42 Å². The molecule has 9 N–H and O–H groups in total. The number of unbranched alkanes of at least 4 members (excludes halogenated alkanes) is 25. The lowest BCUT2D eigenvalue weighted by molar-refractivity contribution is -0.359. The van der Waals surface area contributed by atoms with E-state index in [4.69, 9.17) is 18.9 Å². The molecule has 0 saturated carbocycles. The molecule has 12 atom stereocenters. The van der Waals surface area contributed by atoms with Gasteiger partial charge in [0.25, 0.3) is 0 Å². The SMILES string of the molecule is CC/C=C\C/C=C\C/C=C\C/C=C\CCC(=O)NC(COC1OC(CO)C(OC2OC(CO)C(O)C(O)C2O)C(O)C1O)C(O)CCCCCCCCCCCCCCCCCCCCCCCCCCCC. The number of nitrogens with one attached hydrogen (secondary N) is 1. The van der Waals surface area contributed by atoms with Gasteiger partial charge in [0.1, 0.15) is 48.8 Å². The van der Waals surface area contributed by atoms with Crippen molar-refractivity contribution in [2.24, 2.45) is 0 Å². The molecule has 2 saturated heterocycles. The molecule has 14 nitrogen and oxygen atoms in total. The minimum Gasteiger partial charge on any atom is -0.394 e. The normalized spacial score (nSPS) is 25.7. The summed E-state index contributed by atoms with van der Waals surface area (Å²) in [5.74, 6) is -0.286. The summed E-state index contributed by atoms with van der Waals surface area (Å²) in [6.45, 7) is 2.70. The molecule has 73 heavy (non-hydrogen) atoms. The highest BCUT2D eigenvalue weighted by molar-refractivity contribution is 5.76. The number of carbonyl (C=O) groups is 1. The van der Waals surface area contributed by atoms with Crippen molar-refractivity contribution in [1.82, 2.24) is 5.32 Å². The number of allylic oxidation sites excluding steroid dienone is 8. The van der Waals surface area contributed by atoms with Crippen molar-refractivity contribution in [3.63, 3.8) is 0 Å². The van der Waals surface area contributed by atoms with Gasteiger partial charge in [0.05, 0.1) is 32.0 Å². The Labute approximate surface area is 442 Å². The van der Waals surface area contributed by atoms with E-state index in [1.54, 1.807) is 0 Å². The van der Waals surface area contributed by atoms with Crippen LogP contribution in [0.3, 0.4) is 0 Å². The molecule has 0 bridgehead atoms. The summed E-state index contributed by atoms with van der Waals surface area (Å²) in [7, 11) is 0. The van der Waals surface area contributed by atoms with Gasteiger partial charge in [0.2, 0.25) is 5.91 Å². The fourth-order valence-electron chi connectivity index (χ4n) is 9.60. The Balaban J connectivity index is 1.73. The molecule has 0 aromatic heterocycles. The van der Waals surface area contributed by atoms with Gasteiger partial charge in [-0.25, -0.2) is 0 Å². The number of ether oxygens (including phenoxy) is 4. The molecule has 2 fully saturated rings. The summed E-state index contributed by atoms with van der Waals surface area (Å²) in [5, 5.41) is 87.1. The van der Waals surface area contributed by atoms with Crippen LogP contribution in [-0.2, 0) is 23.7 Å². The first-order chi connectivity index (χ1) is 35.6. The number of hydrogen-bond donors (Lipinski definition) is 9. The second-order valence-electron chi connectivity index (χ2n) is 20.7. The van der Waals surface area contributed by atoms with Crippen LogP contribution >= 0.6 is 0 Å². The summed E-state index contributed by atoms with van der Waals surface area (Å²) < 4.78 is 22.8. The van der Waals surface area contributed by atoms with E-state index in [0.29, 0.717) is 12.8 Å². The molecule has 0 aromatic rings. The maximum absolute atomic E-state index is 13.2. The van der Waals surface area contributed by atoms with E-state index in [1.165, 1.54) is 141 Å². The minimum atomic E-state index is -1.79. The molecule has 2 aliphatic heterocycles. The molecule has 2 aliphatic rings. The molecular formula is C59H107NO13. The third-order valence-electron chi connectivity index (χ3n) is 14.3. The van der Waals surface area contributed by atoms with Gasteiger partial charge >= 0.3 is 0 Å². The van der Waals surface area contributed by atoms with Crippen LogP contribution in [-0.4, -0.2) is 140 Å². The molecule has 0 radical (unpaired) electrons. The molecule has 0 aliphatic carbocycles. The zero-order valence-electron chi connectivity index (χ0n) is 45.6. The predicted molar refractivity (Wildman–Crippen MR) is 291 cm³/mol. The van der Waals surface area contributed by atoms with Crippen molar-refractivity contribution in [3.05, 3.63) is 48.6 Å². The third kappa shape index (κ3) is 31.1. The zero-order chi connectivity index (χ0) is 53.2. The fourth-order valence-corrected chi connectivity index (χ4v) is 9.60. The lowest BCUT2D eigenvalue weighted by Crippen LogP contribution is -2.65. The Kier molecular flexibility index (Phi) is 41.4.